The third kappa shape index (κ3) is 2.38. The highest BCUT2D eigenvalue weighted by Crippen LogP contribution is 2.48. The number of pyridine rings is 1. The van der Waals surface area contributed by atoms with E-state index in [0.29, 0.717) is 12.3 Å². The second-order valence-corrected chi connectivity index (χ2v) is 9.23. The molecule has 0 radical (unpaired) electrons. The van der Waals surface area contributed by atoms with Gasteiger partial charge in [-0.05, 0) is 43.9 Å². The summed E-state index contributed by atoms with van der Waals surface area (Å²) >= 11 is 0. The Hall–Kier alpha value is -2.96. The molecule has 2 aromatic rings. The van der Waals surface area contributed by atoms with Gasteiger partial charge in [-0.25, -0.2) is 9.78 Å². The SMILES string of the molecule is Cc1ccc2[nH+]c3c(cc2c1)CC1(C(=O)N(C)C(=O)N(C)C1=O)[C@@H]1C[C@@H](C)CCN31. The van der Waals surface area contributed by atoms with Crippen LogP contribution in [0.2, 0.25) is 0 Å². The lowest BCUT2D eigenvalue weighted by Gasteiger charge is -2.51. The smallest absolute Gasteiger partial charge is 0.273 e. The first-order valence-corrected chi connectivity index (χ1v) is 10.6. The van der Waals surface area contributed by atoms with Crippen molar-refractivity contribution in [3.63, 3.8) is 0 Å². The second-order valence-electron chi connectivity index (χ2n) is 9.23. The molecule has 3 aliphatic rings. The predicted molar refractivity (Wildman–Crippen MR) is 112 cm³/mol. The summed E-state index contributed by atoms with van der Waals surface area (Å²) in [5, 5.41) is 1.06. The van der Waals surface area contributed by atoms with Crippen molar-refractivity contribution in [3.8, 4) is 0 Å². The fourth-order valence-electron chi connectivity index (χ4n) is 5.59. The van der Waals surface area contributed by atoms with Crippen LogP contribution in [-0.4, -0.2) is 54.3 Å². The van der Waals surface area contributed by atoms with E-state index in [4.69, 9.17) is 0 Å². The summed E-state index contributed by atoms with van der Waals surface area (Å²) < 4.78 is 0. The number of barbiturate groups is 1. The summed E-state index contributed by atoms with van der Waals surface area (Å²) in [6, 6.07) is 7.53. The van der Waals surface area contributed by atoms with E-state index in [2.05, 4.69) is 41.1 Å². The topological polar surface area (TPSA) is 75.1 Å². The number of rotatable bonds is 0. The van der Waals surface area contributed by atoms with Crippen LogP contribution in [0.15, 0.2) is 24.3 Å². The number of anilines is 1. The number of aromatic nitrogens is 1. The fraction of sp³-hybridized carbons (Fsp3) is 0.478. The van der Waals surface area contributed by atoms with Gasteiger partial charge in [0.15, 0.2) is 5.41 Å². The minimum Gasteiger partial charge on any atom is -0.273 e. The molecule has 2 atom stereocenters. The number of imide groups is 2. The number of H-pyrrole nitrogens is 1. The molecule has 7 heteroatoms. The van der Waals surface area contributed by atoms with Gasteiger partial charge in [-0.15, -0.1) is 0 Å². The van der Waals surface area contributed by atoms with Crippen molar-refractivity contribution in [2.45, 2.75) is 39.2 Å². The largest absolute Gasteiger partial charge is 0.332 e. The van der Waals surface area contributed by atoms with Gasteiger partial charge in [0.25, 0.3) is 17.6 Å². The van der Waals surface area contributed by atoms with E-state index in [0.717, 1.165) is 57.0 Å². The van der Waals surface area contributed by atoms with Crippen LogP contribution >= 0.6 is 0 Å². The number of hydrogen-bond donors (Lipinski definition) is 0. The summed E-state index contributed by atoms with van der Waals surface area (Å²) in [5.74, 6) is 0.641. The fourth-order valence-corrected chi connectivity index (χ4v) is 5.59. The van der Waals surface area contributed by atoms with Crippen LogP contribution in [0.3, 0.4) is 0 Å². The lowest BCUT2D eigenvalue weighted by atomic mass is 9.65. The van der Waals surface area contributed by atoms with Gasteiger partial charge in [0.05, 0.1) is 6.54 Å². The maximum atomic E-state index is 13.6. The lowest BCUT2D eigenvalue weighted by Crippen LogP contribution is -2.72. The van der Waals surface area contributed by atoms with Crippen molar-refractivity contribution in [2.75, 3.05) is 25.5 Å². The van der Waals surface area contributed by atoms with Crippen molar-refractivity contribution in [1.29, 1.82) is 0 Å². The molecule has 5 rings (SSSR count). The number of aryl methyl sites for hydroxylation is 1. The number of piperidine rings is 1. The minimum atomic E-state index is -1.27. The molecule has 4 heterocycles. The second kappa shape index (κ2) is 6.27. The van der Waals surface area contributed by atoms with Crippen LogP contribution in [0.25, 0.3) is 10.9 Å². The summed E-state index contributed by atoms with van der Waals surface area (Å²) in [6.07, 6.45) is 2.04. The average Bonchev–Trinajstić information content (AvgIpc) is 2.73. The number of benzene rings is 1. The van der Waals surface area contributed by atoms with Crippen molar-refractivity contribution >= 4 is 34.6 Å². The first kappa shape index (κ1) is 19.0. The van der Waals surface area contributed by atoms with E-state index in [1.807, 2.05) is 6.92 Å². The molecule has 0 unspecified atom stereocenters. The summed E-state index contributed by atoms with van der Waals surface area (Å²) in [7, 11) is 2.97. The van der Waals surface area contributed by atoms with Crippen LogP contribution in [-0.2, 0) is 16.0 Å². The molecule has 0 saturated carbocycles. The number of carbonyl (C=O) groups is 3. The highest BCUT2D eigenvalue weighted by Gasteiger charge is 2.66. The Morgan fingerprint density at radius 1 is 1.07 bits per heavy atom. The quantitative estimate of drug-likeness (QED) is 0.627. The Morgan fingerprint density at radius 3 is 2.47 bits per heavy atom. The van der Waals surface area contributed by atoms with Crippen molar-refractivity contribution in [2.24, 2.45) is 11.3 Å². The van der Waals surface area contributed by atoms with Crippen LogP contribution in [0, 0.1) is 18.3 Å². The van der Waals surface area contributed by atoms with E-state index in [1.165, 1.54) is 14.1 Å². The summed E-state index contributed by atoms with van der Waals surface area (Å²) in [6.45, 7) is 4.99. The summed E-state index contributed by atoms with van der Waals surface area (Å²) in [5.41, 5.74) is 1.88. The van der Waals surface area contributed by atoms with Crippen molar-refractivity contribution in [1.82, 2.24) is 9.80 Å². The number of nitrogens with one attached hydrogen (secondary N) is 1. The first-order chi connectivity index (χ1) is 14.2. The number of aromatic amines is 1. The van der Waals surface area contributed by atoms with Gasteiger partial charge in [-0.2, -0.15) is 0 Å². The number of carbonyl (C=O) groups excluding carboxylic acids is 3. The van der Waals surface area contributed by atoms with Crippen molar-refractivity contribution < 1.29 is 19.4 Å². The molecule has 156 valence electrons. The molecule has 1 N–H and O–H groups in total. The van der Waals surface area contributed by atoms with E-state index in [1.54, 1.807) is 0 Å². The molecular formula is C23H27N4O3+. The highest BCUT2D eigenvalue weighted by molar-refractivity contribution is 6.20. The number of amides is 4. The molecule has 2 fully saturated rings. The van der Waals surface area contributed by atoms with Crippen LogP contribution < -0.4 is 9.88 Å². The first-order valence-electron chi connectivity index (χ1n) is 10.6. The van der Waals surface area contributed by atoms with Crippen LogP contribution in [0.4, 0.5) is 10.6 Å². The van der Waals surface area contributed by atoms with Crippen LogP contribution in [0.5, 0.6) is 0 Å². The van der Waals surface area contributed by atoms with Crippen molar-refractivity contribution in [3.05, 3.63) is 35.4 Å². The third-order valence-corrected chi connectivity index (χ3v) is 7.23. The molecule has 3 aliphatic heterocycles. The molecule has 1 aromatic heterocycles. The summed E-state index contributed by atoms with van der Waals surface area (Å²) in [4.78, 5) is 47.6. The maximum absolute atomic E-state index is 13.6. The van der Waals surface area contributed by atoms with Gasteiger partial charge < -0.3 is 0 Å². The van der Waals surface area contributed by atoms with Gasteiger partial charge in [-0.1, -0.05) is 18.6 Å². The Labute approximate surface area is 175 Å². The van der Waals surface area contributed by atoms with Gasteiger partial charge in [0.2, 0.25) is 0 Å². The molecule has 1 aromatic carbocycles. The Balaban J connectivity index is 1.75. The zero-order chi connectivity index (χ0) is 21.4. The van der Waals surface area contributed by atoms with E-state index in [9.17, 15) is 14.4 Å². The predicted octanol–water partition coefficient (Wildman–Crippen LogP) is 2.16. The van der Waals surface area contributed by atoms with E-state index in [-0.39, 0.29) is 17.9 Å². The van der Waals surface area contributed by atoms with Gasteiger partial charge >= 0.3 is 6.03 Å². The van der Waals surface area contributed by atoms with Gasteiger partial charge in [0, 0.05) is 31.5 Å². The highest BCUT2D eigenvalue weighted by atomic mass is 16.2. The average molecular weight is 407 g/mol. The Morgan fingerprint density at radius 2 is 1.77 bits per heavy atom. The number of hydrogen-bond acceptors (Lipinski definition) is 4. The standard InChI is InChI=1S/C23H26N4O3/c1-13-5-6-17-15(9-13)11-16-12-23(20(28)25(3)22(30)26(4)21(23)29)18-10-14(2)7-8-27(18)19(16)24-17/h5-6,9,11,14,18H,7-8,10,12H2,1-4H3/p+1/t14-,18-/m0/s1. The number of urea groups is 1. The lowest BCUT2D eigenvalue weighted by molar-refractivity contribution is -0.333. The normalized spacial score (nSPS) is 25.7. The van der Waals surface area contributed by atoms with E-state index >= 15 is 0 Å². The number of fused-ring (bicyclic) bond motifs is 5. The zero-order valence-electron chi connectivity index (χ0n) is 17.9. The molecule has 2 saturated heterocycles. The molecular weight excluding hydrogens is 380 g/mol. The monoisotopic (exact) mass is 407 g/mol. The molecule has 0 aliphatic carbocycles. The Kier molecular flexibility index (Phi) is 3.98. The number of nitrogens with zero attached hydrogens (tertiary/aromatic N) is 3. The zero-order valence-corrected chi connectivity index (χ0v) is 17.9. The molecule has 0 bridgehead atoms. The van der Waals surface area contributed by atoms with Gasteiger partial charge in [-0.3, -0.25) is 24.3 Å². The molecule has 1 spiro atoms. The van der Waals surface area contributed by atoms with E-state index < -0.39 is 11.4 Å². The molecule has 30 heavy (non-hydrogen) atoms. The molecule has 4 amide bonds. The van der Waals surface area contributed by atoms with Crippen LogP contribution in [0.1, 0.15) is 30.9 Å². The molecule has 7 nitrogen and oxygen atoms in total. The minimum absolute atomic E-state index is 0.272. The third-order valence-electron chi connectivity index (χ3n) is 7.23. The maximum Gasteiger partial charge on any atom is 0.332 e. The Bertz CT molecular complexity index is 1090. The van der Waals surface area contributed by atoms with Gasteiger partial charge in [0.1, 0.15) is 11.6 Å².